The van der Waals surface area contributed by atoms with Gasteiger partial charge in [0.05, 0.1) is 110 Å². The van der Waals surface area contributed by atoms with Crippen LogP contribution in [0.15, 0.2) is 9.98 Å². The van der Waals surface area contributed by atoms with Gasteiger partial charge in [-0.3, -0.25) is 71.7 Å². The molecule has 4 rings (SSSR count). The van der Waals surface area contributed by atoms with Crippen molar-refractivity contribution in [2.24, 2.45) is 27.2 Å². The molecule has 2 aliphatic carbocycles. The molecule has 141 heavy (non-hydrogen) atoms. The van der Waals surface area contributed by atoms with Crippen LogP contribution in [0.2, 0.25) is 19.0 Å². The van der Waals surface area contributed by atoms with Crippen molar-refractivity contribution in [2.45, 2.75) is 224 Å². The molecule has 0 aromatic heterocycles. The molecule has 7 amide bonds. The Hall–Kier alpha value is -2.64. The average Bonchev–Trinajstić information content (AvgIpc) is 1.31. The van der Waals surface area contributed by atoms with Crippen molar-refractivity contribution in [1.82, 2.24) is 42.0 Å². The number of carbonyl (C=O) groups is 14. The number of nitrogens with two attached hydrogens (primary N) is 3. The zero-order valence-corrected chi connectivity index (χ0v) is 96.3. The molecule has 2 aliphatic heterocycles. The molecule has 808 valence electrons. The Balaban J connectivity index is -0.000000302. The number of imide groups is 2. The van der Waals surface area contributed by atoms with Crippen molar-refractivity contribution in [3.8, 4) is 0 Å². The topological polar surface area (TPSA) is 596 Å². The van der Waals surface area contributed by atoms with Gasteiger partial charge in [0, 0.05) is 172 Å². The summed E-state index contributed by atoms with van der Waals surface area (Å²) >= 11 is 8.51. The van der Waals surface area contributed by atoms with E-state index in [0.717, 1.165) is 120 Å². The van der Waals surface area contributed by atoms with Gasteiger partial charge in [0.15, 0.2) is 17.3 Å². The Morgan fingerprint density at radius 3 is 0.894 bits per heavy atom. The summed E-state index contributed by atoms with van der Waals surface area (Å²) in [6, 6.07) is 0. The summed E-state index contributed by atoms with van der Waals surface area (Å²) in [4.78, 5) is 175. The van der Waals surface area contributed by atoms with Crippen molar-refractivity contribution in [3.05, 3.63) is 0 Å². The molecule has 4 aliphatic rings. The predicted molar refractivity (Wildman–Crippen MR) is 560 cm³/mol. The van der Waals surface area contributed by atoms with E-state index in [1.807, 2.05) is 80.6 Å². The van der Waals surface area contributed by atoms with Gasteiger partial charge in [0.2, 0.25) is 17.7 Å². The molecule has 0 bridgehead atoms. The smallest absolute Gasteiger partial charge is 0.380 e. The number of carbonyl (C=O) groups excluding carboxylic acids is 14. The zero-order chi connectivity index (χ0) is 106. The second kappa shape index (κ2) is 113. The molecule has 0 aromatic rings. The first-order chi connectivity index (χ1) is 67.2. The number of ether oxygens (including phenoxy) is 7. The summed E-state index contributed by atoms with van der Waals surface area (Å²) in [6.45, 7) is 18.6. The molecule has 0 spiro atoms. The maximum absolute atomic E-state index is 11.8. The molecule has 8 unspecified atom stereocenters. The number of nitrogens with one attached hydrogen (secondary N) is 6. The zero-order valence-electron chi connectivity index (χ0n) is 85.6. The minimum atomic E-state index is -5.94. The number of hydroxylamine groups is 4. The minimum Gasteiger partial charge on any atom is -0.380 e. The summed E-state index contributed by atoms with van der Waals surface area (Å²) in [5.41, 5.74) is 15.4. The van der Waals surface area contributed by atoms with Crippen LogP contribution in [0.1, 0.15) is 164 Å². The Bertz CT molecular complexity index is 3070. The van der Waals surface area contributed by atoms with E-state index >= 15 is 0 Å². The molecule has 8 atom stereocenters. The van der Waals surface area contributed by atoms with Gasteiger partial charge in [-0.2, -0.15) is 47.0 Å². The third-order valence-corrected chi connectivity index (χ3v) is 28.8. The summed E-state index contributed by atoms with van der Waals surface area (Å²) < 4.78 is 70.2. The van der Waals surface area contributed by atoms with E-state index < -0.39 is 60.9 Å². The van der Waals surface area contributed by atoms with Gasteiger partial charge in [0.25, 0.3) is 23.6 Å². The summed E-state index contributed by atoms with van der Waals surface area (Å²) in [7, 11) is 26.4. The molecule has 2 saturated carbocycles. The number of nitrogens with zero attached hydrogens (tertiary/aromatic N) is 4. The molecule has 2 heterocycles. The maximum Gasteiger partial charge on any atom is 1.00 e. The van der Waals surface area contributed by atoms with Gasteiger partial charge >= 0.3 is 41.5 Å². The monoisotopic (exact) mass is 2270 g/mol. The quantitative estimate of drug-likeness (QED) is 0.00688. The van der Waals surface area contributed by atoms with Crippen molar-refractivity contribution >= 4 is 213 Å². The molecule has 2 saturated heterocycles. The van der Waals surface area contributed by atoms with Gasteiger partial charge in [-0.05, 0) is 74.6 Å². The number of amides is 7. The third kappa shape index (κ3) is 104. The van der Waals surface area contributed by atoms with Crippen LogP contribution in [0.4, 0.5) is 0 Å². The Labute approximate surface area is 905 Å². The van der Waals surface area contributed by atoms with Crippen LogP contribution < -0.4 is 112 Å². The largest absolute Gasteiger partial charge is 1.00 e. The van der Waals surface area contributed by atoms with Gasteiger partial charge in [-0.1, -0.05) is 97.5 Å². The van der Waals surface area contributed by atoms with Gasteiger partial charge in [0.1, 0.15) is 72.3 Å². The first kappa shape index (κ1) is 151. The van der Waals surface area contributed by atoms with E-state index in [9.17, 15) is 67.1 Å². The number of unbranched alkanes of at least 4 members (excludes halogenated alkanes) is 6. The average molecular weight is 2280 g/mol. The summed E-state index contributed by atoms with van der Waals surface area (Å²) in [5, 5.41) is 21.4. The van der Waals surface area contributed by atoms with Crippen LogP contribution in [0, 0.1) is 0 Å². The van der Waals surface area contributed by atoms with E-state index in [4.69, 9.17) is 81.9 Å². The van der Waals surface area contributed by atoms with Gasteiger partial charge in [-0.15, -0.1) is 57.2 Å². The van der Waals surface area contributed by atoms with Crippen molar-refractivity contribution < 1.29 is 173 Å². The van der Waals surface area contributed by atoms with E-state index in [-0.39, 0.29) is 192 Å². The van der Waals surface area contributed by atoms with Crippen LogP contribution in [-0.4, -0.2) is 404 Å². The molecule has 53 heteroatoms. The minimum absolute atomic E-state index is 0. The SMILES string of the molecule is CN.CN=CC(SCCNC)C(C=NC)SCCNC(=O)COCCOCC(C)=O.CNCCSC(C=O)C(C=O)SCCNC(=O)COCCOCC(C)=O.CNCCSC1CCC1SCCNC(=O)COCCOCC(C)=O.NCCSC1CCC1SCCN.O=C(CCOCCC(=O)ON1C(=O)CCC1=O)ON1C(=O)CCC1=O.[B]CCCCC.[B]CCCCC.[B]CCCCC.[Na+].[O-][I+3]([O-])([O-])[O-]. The van der Waals surface area contributed by atoms with Crippen molar-refractivity contribution in [1.29, 1.82) is 0 Å². The van der Waals surface area contributed by atoms with Gasteiger partial charge < -0.3 is 102 Å². The number of ketones is 3. The number of hydrogen-bond donors (Lipinski definition) is 9. The summed E-state index contributed by atoms with van der Waals surface area (Å²) in [5.74, 6) is 2.78. The molecular weight excluding hydrogens is 2110 g/mol. The second-order valence-corrected chi connectivity index (χ2v) is 42.3. The van der Waals surface area contributed by atoms with E-state index in [2.05, 4.69) is 89.8 Å². The maximum atomic E-state index is 11.8. The number of rotatable bonds is 74. The standard InChI is InChI=1S/C18H34N4O4S2.C16H28N2O6S2.C16H30N2O4S2.C14H16N2O9.C8H18N2S2.3C5H11B.CH5N.IO4.Na/c1-15(23)13-25-7-8-26-14-18(24)22-6-10-28-17(12-21-4)16(11-20-3)27-9-5-19-2;1-13(21)11-23-5-6-24-12-16(22)18-4-8-26-15(10-20)14(9-19)25-7-3-17-2;1-13(19)11-21-7-8-22-12-16(20)18-6-10-24-15-4-3-14(15)23-9-5-17-2;17-9-1-2-10(18)15(9)24-13(21)5-7-23-8-6-14(22)25-16-11(19)3-4-12(16)20;9-3-5-11-7-1-2-8(7)12-6-4-10;3*1-2-3-4-5-6;1-2;2-1(3,4)5;/h11-12,16-17,19H,5-10,13-14H2,1-4H3,(H,22,24);9-10,14-15,17H,3-8,11-12H2,1-2H3,(H,18,22);14-15,17H,3-12H2,1-2H3,(H,18,20);1-8H2;7-8H,1-6,9-10H2;3*2-5H2,1H3;2H2,1H3;;/q;;;;;;;;;-1;+1. The fourth-order valence-corrected chi connectivity index (χ4v) is 20.5. The van der Waals surface area contributed by atoms with Crippen LogP contribution in [0.5, 0.6) is 0 Å². The first-order valence-corrected chi connectivity index (χ1v) is 58.9. The molecule has 6 radical (unpaired) electrons. The van der Waals surface area contributed by atoms with Crippen LogP contribution in [0.3, 0.4) is 0 Å². The molecule has 12 N–H and O–H groups in total. The summed E-state index contributed by atoms with van der Waals surface area (Å²) in [6.07, 6.45) is 24.2. The predicted octanol–water partition coefficient (Wildman–Crippen LogP) is -4.95. The number of hydrogen-bond acceptors (Lipinski definition) is 43. The number of aldehydes is 2. The fraction of sp³-hybridized carbons (Fsp3) is 0.818. The number of thioether (sulfide) groups is 8. The number of Topliss-reactive ketones (excluding diaryl/α,β-unsaturated/α-hetero) is 3. The molecule has 4 fully saturated rings. The Morgan fingerprint density at radius 1 is 0.411 bits per heavy atom. The van der Waals surface area contributed by atoms with Crippen molar-refractivity contribution in [2.75, 3.05) is 233 Å². The van der Waals surface area contributed by atoms with Crippen LogP contribution in [0.25, 0.3) is 0 Å². The molecule has 0 aromatic carbocycles. The first-order valence-electron chi connectivity index (χ1n) is 47.0. The van der Waals surface area contributed by atoms with E-state index in [0.29, 0.717) is 55.3 Å². The Morgan fingerprint density at radius 2 is 0.660 bits per heavy atom. The van der Waals surface area contributed by atoms with E-state index in [1.54, 1.807) is 25.9 Å². The van der Waals surface area contributed by atoms with Gasteiger partial charge in [-0.25, -0.2) is 9.59 Å². The number of aliphatic imine (C=N–C) groups is 2. The van der Waals surface area contributed by atoms with Crippen molar-refractivity contribution in [3.63, 3.8) is 0 Å². The molecular formula is C88H164B3IN13NaO27S8. The molecule has 40 nitrogen and oxygen atoms in total. The Kier molecular flexibility index (Phi) is 121. The van der Waals surface area contributed by atoms with Crippen LogP contribution >= 0.6 is 94.1 Å². The second-order valence-electron chi connectivity index (χ2n) is 29.6. The fourth-order valence-electron chi connectivity index (χ4n) is 10.2. The third-order valence-electron chi connectivity index (χ3n) is 17.4. The van der Waals surface area contributed by atoms with Crippen LogP contribution in [-0.2, 0) is 110 Å². The number of halogens is 1. The normalized spacial score (nSPS) is 15.6. The van der Waals surface area contributed by atoms with E-state index in [1.165, 1.54) is 141 Å².